The van der Waals surface area contributed by atoms with Gasteiger partial charge in [-0.25, -0.2) is 4.79 Å². The van der Waals surface area contributed by atoms with Gasteiger partial charge in [-0.2, -0.15) is 11.3 Å². The summed E-state index contributed by atoms with van der Waals surface area (Å²) in [7, 11) is 0. The minimum absolute atomic E-state index is 0. The lowest BCUT2D eigenvalue weighted by atomic mass is 10.1. The van der Waals surface area contributed by atoms with Gasteiger partial charge in [0.15, 0.2) is 5.96 Å². The van der Waals surface area contributed by atoms with E-state index in [4.69, 9.17) is 4.74 Å². The summed E-state index contributed by atoms with van der Waals surface area (Å²) in [4.78, 5) is 16.2. The lowest BCUT2D eigenvalue weighted by Crippen LogP contribution is -2.39. The number of amides is 1. The maximum absolute atomic E-state index is 11.6. The maximum Gasteiger partial charge on any atom is 0.407 e. The van der Waals surface area contributed by atoms with Gasteiger partial charge in [0.05, 0.1) is 0 Å². The normalized spacial score (nSPS) is 12.7. The topological polar surface area (TPSA) is 74.8 Å². The number of nitrogens with one attached hydrogen (secondary N) is 3. The van der Waals surface area contributed by atoms with Gasteiger partial charge >= 0.3 is 6.09 Å². The highest BCUT2D eigenvalue weighted by molar-refractivity contribution is 14.0. The fourth-order valence-electron chi connectivity index (χ4n) is 2.03. The summed E-state index contributed by atoms with van der Waals surface area (Å²) in [5.41, 5.74) is 0.859. The molecule has 1 aromatic heterocycles. The number of thiophene rings is 1. The number of hydrogen-bond donors (Lipinski definition) is 3. The minimum Gasteiger partial charge on any atom is -0.444 e. The molecular weight excluding hydrogens is 463 g/mol. The highest BCUT2D eigenvalue weighted by Crippen LogP contribution is 2.18. The smallest absolute Gasteiger partial charge is 0.407 e. The summed E-state index contributed by atoms with van der Waals surface area (Å²) in [5, 5.41) is 13.6. The Morgan fingerprint density at radius 3 is 2.54 bits per heavy atom. The number of nitrogens with zero attached hydrogens (tertiary/aromatic N) is 1. The van der Waals surface area contributed by atoms with Crippen molar-refractivity contribution in [3.63, 3.8) is 0 Å². The van der Waals surface area contributed by atoms with Crippen LogP contribution >= 0.6 is 35.3 Å². The third-order valence-electron chi connectivity index (χ3n) is 3.29. The van der Waals surface area contributed by atoms with Gasteiger partial charge < -0.3 is 20.7 Å². The van der Waals surface area contributed by atoms with Crippen LogP contribution < -0.4 is 16.0 Å². The number of alkyl carbamates (subject to hydrolysis) is 1. The van der Waals surface area contributed by atoms with E-state index in [0.29, 0.717) is 12.5 Å². The van der Waals surface area contributed by atoms with Crippen molar-refractivity contribution in [1.82, 2.24) is 16.0 Å². The van der Waals surface area contributed by atoms with Crippen molar-refractivity contribution in [2.75, 3.05) is 26.2 Å². The summed E-state index contributed by atoms with van der Waals surface area (Å²) in [6.07, 6.45) is 0.418. The van der Waals surface area contributed by atoms with Gasteiger partial charge in [0.2, 0.25) is 0 Å². The Hall–Kier alpha value is -1.03. The second-order valence-corrected chi connectivity index (χ2v) is 7.67. The van der Waals surface area contributed by atoms with Gasteiger partial charge in [0, 0.05) is 32.1 Å². The zero-order chi connectivity index (χ0) is 18.7. The van der Waals surface area contributed by atoms with Gasteiger partial charge in [-0.1, -0.05) is 6.92 Å². The summed E-state index contributed by atoms with van der Waals surface area (Å²) in [5.74, 6) is 1.21. The zero-order valence-electron chi connectivity index (χ0n) is 16.4. The van der Waals surface area contributed by atoms with Crippen molar-refractivity contribution in [3.8, 4) is 0 Å². The largest absolute Gasteiger partial charge is 0.444 e. The van der Waals surface area contributed by atoms with Crippen LogP contribution in [0.2, 0.25) is 0 Å². The standard InChI is InChI=1S/C18H32N4O2S.HI/c1-6-19-16(22-12-14(2)15-8-11-25-13-15)20-9-7-10-21-17(23)24-18(3,4)5;/h8,11,13-14H,6-7,9-10,12H2,1-5H3,(H,21,23)(H2,19,20,22);1H. The SMILES string of the molecule is CCNC(=NCC(C)c1ccsc1)NCCCNC(=O)OC(C)(C)C.I. The predicted molar refractivity (Wildman–Crippen MR) is 121 cm³/mol. The average Bonchev–Trinajstić information content (AvgIpc) is 3.04. The molecule has 8 heteroatoms. The molecule has 0 spiro atoms. The van der Waals surface area contributed by atoms with E-state index in [1.54, 1.807) is 11.3 Å². The number of guanidine groups is 1. The molecule has 26 heavy (non-hydrogen) atoms. The number of carbonyl (C=O) groups is 1. The Morgan fingerprint density at radius 1 is 1.27 bits per heavy atom. The van der Waals surface area contributed by atoms with E-state index in [9.17, 15) is 4.79 Å². The van der Waals surface area contributed by atoms with E-state index >= 15 is 0 Å². The summed E-state index contributed by atoms with van der Waals surface area (Å²) >= 11 is 1.71. The molecule has 0 saturated heterocycles. The van der Waals surface area contributed by atoms with Crippen LogP contribution in [0.5, 0.6) is 0 Å². The fraction of sp³-hybridized carbons (Fsp3) is 0.667. The van der Waals surface area contributed by atoms with E-state index in [1.165, 1.54) is 5.56 Å². The molecule has 0 fully saturated rings. The molecule has 1 aromatic rings. The molecule has 3 N–H and O–H groups in total. The predicted octanol–water partition coefficient (Wildman–Crippen LogP) is 3.94. The lowest BCUT2D eigenvalue weighted by Gasteiger charge is -2.19. The van der Waals surface area contributed by atoms with Gasteiger partial charge in [-0.3, -0.25) is 4.99 Å². The zero-order valence-corrected chi connectivity index (χ0v) is 19.6. The molecule has 0 aliphatic rings. The van der Waals surface area contributed by atoms with E-state index in [0.717, 1.165) is 32.0 Å². The Labute approximate surface area is 178 Å². The molecule has 0 aliphatic carbocycles. The van der Waals surface area contributed by atoms with Crippen molar-refractivity contribution in [2.24, 2.45) is 4.99 Å². The van der Waals surface area contributed by atoms with Crippen LogP contribution in [0.25, 0.3) is 0 Å². The second kappa shape index (κ2) is 13.2. The third kappa shape index (κ3) is 11.6. The molecule has 1 rings (SSSR count). The number of halogens is 1. The molecule has 1 heterocycles. The van der Waals surface area contributed by atoms with Crippen LogP contribution in [0.1, 0.15) is 52.5 Å². The molecule has 150 valence electrons. The molecule has 0 aliphatic heterocycles. The highest BCUT2D eigenvalue weighted by atomic mass is 127. The maximum atomic E-state index is 11.6. The Kier molecular flexibility index (Phi) is 12.7. The second-order valence-electron chi connectivity index (χ2n) is 6.89. The molecule has 0 aromatic carbocycles. The number of hydrogen-bond acceptors (Lipinski definition) is 4. The van der Waals surface area contributed by atoms with Crippen LogP contribution in [0.4, 0.5) is 4.79 Å². The first-order valence-corrected chi connectivity index (χ1v) is 9.77. The quantitative estimate of drug-likeness (QED) is 0.221. The molecule has 0 radical (unpaired) electrons. The van der Waals surface area contributed by atoms with Crippen LogP contribution in [0.3, 0.4) is 0 Å². The van der Waals surface area contributed by atoms with Crippen LogP contribution in [0, 0.1) is 0 Å². The number of carbonyl (C=O) groups excluding carboxylic acids is 1. The molecule has 6 nitrogen and oxygen atoms in total. The fourth-order valence-corrected chi connectivity index (χ4v) is 2.81. The first-order chi connectivity index (χ1) is 11.8. The summed E-state index contributed by atoms with van der Waals surface area (Å²) < 4.78 is 5.20. The van der Waals surface area contributed by atoms with Crippen molar-refractivity contribution >= 4 is 47.4 Å². The average molecular weight is 496 g/mol. The number of aliphatic imine (C=N–C) groups is 1. The molecule has 1 unspecified atom stereocenters. The molecule has 0 bridgehead atoms. The molecule has 1 amide bonds. The van der Waals surface area contributed by atoms with Gasteiger partial charge in [0.25, 0.3) is 0 Å². The summed E-state index contributed by atoms with van der Waals surface area (Å²) in [6, 6.07) is 2.15. The van der Waals surface area contributed by atoms with Crippen molar-refractivity contribution in [1.29, 1.82) is 0 Å². The van der Waals surface area contributed by atoms with Gasteiger partial charge in [0.1, 0.15) is 5.60 Å². The molecule has 0 saturated carbocycles. The number of ether oxygens (including phenoxy) is 1. The highest BCUT2D eigenvalue weighted by Gasteiger charge is 2.15. The van der Waals surface area contributed by atoms with E-state index < -0.39 is 5.60 Å². The van der Waals surface area contributed by atoms with Crippen molar-refractivity contribution in [3.05, 3.63) is 22.4 Å². The Balaban J connectivity index is 0.00000625. The first kappa shape index (κ1) is 25.0. The lowest BCUT2D eigenvalue weighted by molar-refractivity contribution is 0.0527. The Bertz CT molecular complexity index is 530. The third-order valence-corrected chi connectivity index (χ3v) is 4.00. The van der Waals surface area contributed by atoms with Crippen LogP contribution in [0.15, 0.2) is 21.8 Å². The minimum atomic E-state index is -0.466. The van der Waals surface area contributed by atoms with E-state index in [1.807, 2.05) is 27.7 Å². The van der Waals surface area contributed by atoms with Crippen LogP contribution in [-0.4, -0.2) is 43.8 Å². The van der Waals surface area contributed by atoms with Crippen molar-refractivity contribution in [2.45, 2.75) is 52.6 Å². The summed E-state index contributed by atoms with van der Waals surface area (Å²) in [6.45, 7) is 12.6. The first-order valence-electron chi connectivity index (χ1n) is 8.83. The molecule has 1 atom stereocenters. The molecular formula is C18H33IN4O2S. The van der Waals surface area contributed by atoms with E-state index in [-0.39, 0.29) is 30.1 Å². The number of rotatable bonds is 8. The van der Waals surface area contributed by atoms with E-state index in [2.05, 4.69) is 44.7 Å². The van der Waals surface area contributed by atoms with Crippen LogP contribution in [-0.2, 0) is 4.74 Å². The van der Waals surface area contributed by atoms with Gasteiger partial charge in [-0.05, 0) is 56.5 Å². The van der Waals surface area contributed by atoms with Crippen molar-refractivity contribution < 1.29 is 9.53 Å². The monoisotopic (exact) mass is 496 g/mol. The van der Waals surface area contributed by atoms with Gasteiger partial charge in [-0.15, -0.1) is 24.0 Å². The Morgan fingerprint density at radius 2 is 1.96 bits per heavy atom.